The molecule has 1 heterocycles. The molecule has 8 heteroatoms. The fourth-order valence-electron chi connectivity index (χ4n) is 1.81. The van der Waals surface area contributed by atoms with Crippen LogP contribution in [0.25, 0.3) is 0 Å². The van der Waals surface area contributed by atoms with E-state index in [9.17, 15) is 14.4 Å². The monoisotopic (exact) mass is 332 g/mol. The molecule has 1 aromatic heterocycles. The van der Waals surface area contributed by atoms with Gasteiger partial charge in [0.15, 0.2) is 5.16 Å². The van der Waals surface area contributed by atoms with Gasteiger partial charge in [0, 0.05) is 18.8 Å². The predicted octanol–water partition coefficient (Wildman–Crippen LogP) is 1.45. The van der Waals surface area contributed by atoms with E-state index < -0.39 is 17.2 Å². The average molecular weight is 332 g/mol. The number of hydrogen-bond donors (Lipinski definition) is 3. The van der Waals surface area contributed by atoms with Crippen molar-refractivity contribution in [2.45, 2.75) is 17.3 Å². The largest absolute Gasteiger partial charge is 0.338 e. The standard InChI is InChI=1S/C15H16N4O3S/c1-2-16-14(22)19-13(21)12(10-6-4-3-5-7-10)23-15-17-9-8-11(20)18-15/h3-9,12H,2H2,1H3,(H,17,18,20)(H2,16,19,21,22)/t12-/m1/s1. The molecule has 0 saturated heterocycles. The van der Waals surface area contributed by atoms with Crippen molar-refractivity contribution in [2.75, 3.05) is 6.54 Å². The first-order valence-electron chi connectivity index (χ1n) is 6.95. The van der Waals surface area contributed by atoms with E-state index in [1.807, 2.05) is 6.07 Å². The molecule has 23 heavy (non-hydrogen) atoms. The lowest BCUT2D eigenvalue weighted by atomic mass is 10.1. The molecule has 0 fully saturated rings. The maximum atomic E-state index is 12.4. The first kappa shape index (κ1) is 16.8. The highest BCUT2D eigenvalue weighted by Crippen LogP contribution is 2.32. The second-order valence-electron chi connectivity index (χ2n) is 4.50. The molecule has 120 valence electrons. The Balaban J connectivity index is 2.23. The topological polar surface area (TPSA) is 104 Å². The van der Waals surface area contributed by atoms with Crippen LogP contribution in [0.15, 0.2) is 52.5 Å². The molecule has 2 rings (SSSR count). The Bertz CT molecular complexity index is 733. The van der Waals surface area contributed by atoms with Gasteiger partial charge >= 0.3 is 6.03 Å². The lowest BCUT2D eigenvalue weighted by molar-refractivity contribution is -0.119. The molecule has 0 aliphatic heterocycles. The lowest BCUT2D eigenvalue weighted by Gasteiger charge is -2.15. The van der Waals surface area contributed by atoms with Crippen molar-refractivity contribution in [2.24, 2.45) is 0 Å². The maximum Gasteiger partial charge on any atom is 0.321 e. The summed E-state index contributed by atoms with van der Waals surface area (Å²) in [6, 6.07) is 9.69. The zero-order valence-electron chi connectivity index (χ0n) is 12.4. The van der Waals surface area contributed by atoms with Gasteiger partial charge in [0.2, 0.25) is 5.91 Å². The van der Waals surface area contributed by atoms with Crippen molar-refractivity contribution in [3.05, 3.63) is 58.5 Å². The van der Waals surface area contributed by atoms with Gasteiger partial charge in [-0.3, -0.25) is 14.9 Å². The molecule has 1 atom stereocenters. The number of thioether (sulfide) groups is 1. The van der Waals surface area contributed by atoms with Crippen LogP contribution in [0.1, 0.15) is 17.7 Å². The average Bonchev–Trinajstić information content (AvgIpc) is 2.53. The number of nitrogens with zero attached hydrogens (tertiary/aromatic N) is 1. The normalized spacial score (nSPS) is 11.5. The number of carbonyl (C=O) groups is 2. The van der Waals surface area contributed by atoms with Gasteiger partial charge in [0.1, 0.15) is 5.25 Å². The Hall–Kier alpha value is -2.61. The van der Waals surface area contributed by atoms with Gasteiger partial charge in [0.25, 0.3) is 5.56 Å². The summed E-state index contributed by atoms with van der Waals surface area (Å²) in [5.74, 6) is -0.487. The third kappa shape index (κ3) is 4.96. The molecule has 0 bridgehead atoms. The number of H-pyrrole nitrogens is 1. The Morgan fingerprint density at radius 2 is 2.00 bits per heavy atom. The number of benzene rings is 1. The van der Waals surface area contributed by atoms with Crippen molar-refractivity contribution in [1.29, 1.82) is 0 Å². The van der Waals surface area contributed by atoms with Gasteiger partial charge in [-0.25, -0.2) is 9.78 Å². The van der Waals surface area contributed by atoms with Crippen LogP contribution < -0.4 is 16.2 Å². The highest BCUT2D eigenvalue weighted by molar-refractivity contribution is 8.00. The number of aromatic amines is 1. The van der Waals surface area contributed by atoms with Crippen LogP contribution in [0.4, 0.5) is 4.79 Å². The number of nitrogens with one attached hydrogen (secondary N) is 3. The van der Waals surface area contributed by atoms with Gasteiger partial charge in [-0.2, -0.15) is 0 Å². The SMILES string of the molecule is CCNC(=O)NC(=O)[C@H](Sc1nccc(=O)[nH]1)c1ccccc1. The molecule has 7 nitrogen and oxygen atoms in total. The van der Waals surface area contributed by atoms with Crippen LogP contribution >= 0.6 is 11.8 Å². The summed E-state index contributed by atoms with van der Waals surface area (Å²) in [5, 5.41) is 4.37. The summed E-state index contributed by atoms with van der Waals surface area (Å²) >= 11 is 1.07. The van der Waals surface area contributed by atoms with Gasteiger partial charge < -0.3 is 10.3 Å². The summed E-state index contributed by atoms with van der Waals surface area (Å²) in [4.78, 5) is 41.9. The third-order valence-electron chi connectivity index (χ3n) is 2.79. The van der Waals surface area contributed by atoms with Crippen LogP contribution in [0.5, 0.6) is 0 Å². The second kappa shape index (κ2) is 8.14. The summed E-state index contributed by atoms with van der Waals surface area (Å²) in [6.07, 6.45) is 1.37. The van der Waals surface area contributed by atoms with E-state index in [1.165, 1.54) is 12.3 Å². The Labute approximate surface area is 136 Å². The van der Waals surface area contributed by atoms with E-state index >= 15 is 0 Å². The second-order valence-corrected chi connectivity index (χ2v) is 5.59. The molecule has 0 aliphatic carbocycles. The lowest BCUT2D eigenvalue weighted by Crippen LogP contribution is -2.41. The fraction of sp³-hybridized carbons (Fsp3) is 0.200. The van der Waals surface area contributed by atoms with E-state index in [1.54, 1.807) is 31.2 Å². The van der Waals surface area contributed by atoms with Crippen molar-refractivity contribution in [1.82, 2.24) is 20.6 Å². The molecule has 0 unspecified atom stereocenters. The molecule has 0 spiro atoms. The van der Waals surface area contributed by atoms with Crippen LogP contribution in [0.2, 0.25) is 0 Å². The van der Waals surface area contributed by atoms with E-state index in [0.29, 0.717) is 17.3 Å². The minimum absolute atomic E-state index is 0.303. The van der Waals surface area contributed by atoms with E-state index in [2.05, 4.69) is 20.6 Å². The molecule has 0 radical (unpaired) electrons. The number of carbonyl (C=O) groups excluding carboxylic acids is 2. The number of aromatic nitrogens is 2. The molecule has 0 saturated carbocycles. The van der Waals surface area contributed by atoms with Gasteiger partial charge in [-0.15, -0.1) is 0 Å². The zero-order chi connectivity index (χ0) is 16.7. The van der Waals surface area contributed by atoms with Crippen LogP contribution in [0.3, 0.4) is 0 Å². The van der Waals surface area contributed by atoms with Crippen molar-refractivity contribution < 1.29 is 9.59 Å². The Morgan fingerprint density at radius 3 is 2.65 bits per heavy atom. The number of hydrogen-bond acceptors (Lipinski definition) is 5. The number of imide groups is 1. The van der Waals surface area contributed by atoms with Crippen molar-refractivity contribution in [3.8, 4) is 0 Å². The first-order chi connectivity index (χ1) is 11.1. The van der Waals surface area contributed by atoms with Crippen LogP contribution in [-0.2, 0) is 4.79 Å². The minimum Gasteiger partial charge on any atom is -0.338 e. The van der Waals surface area contributed by atoms with Crippen LogP contribution in [-0.4, -0.2) is 28.5 Å². The number of urea groups is 1. The fourth-order valence-corrected chi connectivity index (χ4v) is 2.77. The quantitative estimate of drug-likeness (QED) is 0.568. The molecule has 0 aliphatic rings. The summed E-state index contributed by atoms with van der Waals surface area (Å²) in [5.41, 5.74) is 0.393. The maximum absolute atomic E-state index is 12.4. The molecule has 3 N–H and O–H groups in total. The van der Waals surface area contributed by atoms with E-state index in [-0.39, 0.29) is 5.56 Å². The summed E-state index contributed by atoms with van der Waals surface area (Å²) in [6.45, 7) is 2.17. The third-order valence-corrected chi connectivity index (χ3v) is 3.94. The molecule has 3 amide bonds. The summed E-state index contributed by atoms with van der Waals surface area (Å²) < 4.78 is 0. The molecule has 2 aromatic rings. The number of rotatable bonds is 5. The van der Waals surface area contributed by atoms with Gasteiger partial charge in [0.05, 0.1) is 0 Å². The Morgan fingerprint density at radius 1 is 1.26 bits per heavy atom. The highest BCUT2D eigenvalue weighted by Gasteiger charge is 2.24. The molecular weight excluding hydrogens is 316 g/mol. The van der Waals surface area contributed by atoms with E-state index in [0.717, 1.165) is 11.8 Å². The smallest absolute Gasteiger partial charge is 0.321 e. The van der Waals surface area contributed by atoms with Crippen molar-refractivity contribution in [3.63, 3.8) is 0 Å². The van der Waals surface area contributed by atoms with Crippen LogP contribution in [0, 0.1) is 0 Å². The molecular formula is C15H16N4O3S. The van der Waals surface area contributed by atoms with Gasteiger partial charge in [-0.05, 0) is 12.5 Å². The summed E-state index contributed by atoms with van der Waals surface area (Å²) in [7, 11) is 0. The number of amides is 3. The van der Waals surface area contributed by atoms with Crippen molar-refractivity contribution >= 4 is 23.7 Å². The minimum atomic E-state index is -0.718. The molecule has 1 aromatic carbocycles. The zero-order valence-corrected chi connectivity index (χ0v) is 13.2. The Kier molecular flexibility index (Phi) is 5.93. The highest BCUT2D eigenvalue weighted by atomic mass is 32.2. The van der Waals surface area contributed by atoms with Gasteiger partial charge in [-0.1, -0.05) is 42.1 Å². The first-order valence-corrected chi connectivity index (χ1v) is 7.83. The van der Waals surface area contributed by atoms with E-state index in [4.69, 9.17) is 0 Å². The predicted molar refractivity (Wildman–Crippen MR) is 87.1 cm³/mol.